The van der Waals surface area contributed by atoms with Crippen molar-refractivity contribution < 1.29 is 4.74 Å². The van der Waals surface area contributed by atoms with E-state index >= 15 is 0 Å². The molecule has 96 valence electrons. The Bertz CT molecular complexity index is 554. The van der Waals surface area contributed by atoms with Crippen molar-refractivity contribution >= 4 is 27.3 Å². The molecule has 0 saturated heterocycles. The highest BCUT2D eigenvalue weighted by molar-refractivity contribution is 9.11. The minimum Gasteiger partial charge on any atom is -0.496 e. The van der Waals surface area contributed by atoms with Gasteiger partial charge >= 0.3 is 0 Å². The standard InChI is InChI=1S/C13H15BrN2OS/c1-8-4-5-11(17-3)9(6-8)13-16-10(7-15-2)12(14)18-13/h4-6,15H,7H2,1-3H3. The summed E-state index contributed by atoms with van der Waals surface area (Å²) in [6.07, 6.45) is 0. The molecule has 0 aliphatic heterocycles. The predicted octanol–water partition coefficient (Wildman–Crippen LogP) is 3.61. The molecular formula is C13H15BrN2OS. The second kappa shape index (κ2) is 5.82. The van der Waals surface area contributed by atoms with Crippen LogP contribution in [-0.2, 0) is 6.54 Å². The number of nitrogens with one attached hydrogen (secondary N) is 1. The molecule has 0 atom stereocenters. The number of benzene rings is 1. The number of halogens is 1. The van der Waals surface area contributed by atoms with Crippen molar-refractivity contribution in [3.63, 3.8) is 0 Å². The van der Waals surface area contributed by atoms with Gasteiger partial charge in [-0.2, -0.15) is 0 Å². The fourth-order valence-corrected chi connectivity index (χ4v) is 3.23. The first-order valence-electron chi connectivity index (χ1n) is 5.60. The van der Waals surface area contributed by atoms with E-state index in [1.54, 1.807) is 18.4 Å². The molecule has 1 aromatic carbocycles. The molecule has 0 aliphatic carbocycles. The Morgan fingerprint density at radius 3 is 2.89 bits per heavy atom. The van der Waals surface area contributed by atoms with Gasteiger partial charge in [0.25, 0.3) is 0 Å². The molecule has 0 fully saturated rings. The summed E-state index contributed by atoms with van der Waals surface area (Å²) < 4.78 is 6.46. The smallest absolute Gasteiger partial charge is 0.129 e. The van der Waals surface area contributed by atoms with Crippen LogP contribution in [0.1, 0.15) is 11.3 Å². The quantitative estimate of drug-likeness (QED) is 0.931. The maximum absolute atomic E-state index is 5.40. The predicted molar refractivity (Wildman–Crippen MR) is 79.3 cm³/mol. The number of rotatable bonds is 4. The van der Waals surface area contributed by atoms with E-state index in [0.29, 0.717) is 0 Å². The number of thiazole rings is 1. The van der Waals surface area contributed by atoms with Gasteiger partial charge in [-0.3, -0.25) is 0 Å². The molecule has 0 amide bonds. The molecule has 2 aromatic rings. The highest BCUT2D eigenvalue weighted by atomic mass is 79.9. The summed E-state index contributed by atoms with van der Waals surface area (Å²) in [5, 5.41) is 4.09. The van der Waals surface area contributed by atoms with Crippen molar-refractivity contribution in [2.45, 2.75) is 13.5 Å². The van der Waals surface area contributed by atoms with E-state index in [0.717, 1.165) is 32.3 Å². The van der Waals surface area contributed by atoms with Crippen LogP contribution in [-0.4, -0.2) is 19.1 Å². The van der Waals surface area contributed by atoms with Gasteiger partial charge in [-0.1, -0.05) is 11.6 Å². The molecule has 2 rings (SSSR count). The molecule has 18 heavy (non-hydrogen) atoms. The molecule has 0 radical (unpaired) electrons. The lowest BCUT2D eigenvalue weighted by atomic mass is 10.1. The summed E-state index contributed by atoms with van der Waals surface area (Å²) in [6.45, 7) is 2.82. The Balaban J connectivity index is 2.47. The van der Waals surface area contributed by atoms with Gasteiger partial charge in [0.05, 0.1) is 22.2 Å². The molecule has 1 aromatic heterocycles. The molecule has 3 nitrogen and oxygen atoms in total. The average Bonchev–Trinajstić information content (AvgIpc) is 2.71. The molecule has 1 N–H and O–H groups in total. The van der Waals surface area contributed by atoms with Gasteiger partial charge in [0, 0.05) is 6.54 Å². The Morgan fingerprint density at radius 2 is 2.22 bits per heavy atom. The van der Waals surface area contributed by atoms with Crippen LogP contribution in [0.15, 0.2) is 22.0 Å². The Labute approximate surface area is 119 Å². The van der Waals surface area contributed by atoms with Crippen molar-refractivity contribution in [1.82, 2.24) is 10.3 Å². The molecule has 1 heterocycles. The van der Waals surface area contributed by atoms with E-state index in [2.05, 4.69) is 39.2 Å². The van der Waals surface area contributed by atoms with E-state index in [9.17, 15) is 0 Å². The van der Waals surface area contributed by atoms with Gasteiger partial charge in [-0.15, -0.1) is 11.3 Å². The fraction of sp³-hybridized carbons (Fsp3) is 0.308. The van der Waals surface area contributed by atoms with E-state index in [1.165, 1.54) is 5.56 Å². The van der Waals surface area contributed by atoms with Crippen molar-refractivity contribution in [3.8, 4) is 16.3 Å². The van der Waals surface area contributed by atoms with Crippen LogP contribution in [0.3, 0.4) is 0 Å². The summed E-state index contributed by atoms with van der Waals surface area (Å²) in [6, 6.07) is 6.13. The lowest BCUT2D eigenvalue weighted by molar-refractivity contribution is 0.416. The number of ether oxygens (including phenoxy) is 1. The maximum Gasteiger partial charge on any atom is 0.129 e. The Kier molecular flexibility index (Phi) is 4.37. The molecule has 0 bridgehead atoms. The third-order valence-corrected chi connectivity index (χ3v) is 4.44. The average molecular weight is 327 g/mol. The third-order valence-electron chi connectivity index (χ3n) is 2.58. The summed E-state index contributed by atoms with van der Waals surface area (Å²) in [7, 11) is 3.60. The topological polar surface area (TPSA) is 34.2 Å². The van der Waals surface area contributed by atoms with Crippen LogP contribution in [0.4, 0.5) is 0 Å². The lowest BCUT2D eigenvalue weighted by Gasteiger charge is -2.06. The Morgan fingerprint density at radius 1 is 1.44 bits per heavy atom. The number of hydrogen-bond donors (Lipinski definition) is 1. The molecular weight excluding hydrogens is 312 g/mol. The summed E-state index contributed by atoms with van der Waals surface area (Å²) in [5.41, 5.74) is 3.28. The van der Waals surface area contributed by atoms with Crippen LogP contribution >= 0.6 is 27.3 Å². The highest BCUT2D eigenvalue weighted by Gasteiger charge is 2.13. The van der Waals surface area contributed by atoms with Gasteiger partial charge in [0.2, 0.25) is 0 Å². The summed E-state index contributed by atoms with van der Waals surface area (Å²) in [5.74, 6) is 0.859. The summed E-state index contributed by atoms with van der Waals surface area (Å²) >= 11 is 5.19. The SMILES string of the molecule is CNCc1nc(-c2cc(C)ccc2OC)sc1Br. The number of nitrogens with zero attached hydrogens (tertiary/aromatic N) is 1. The highest BCUT2D eigenvalue weighted by Crippen LogP contribution is 2.37. The van der Waals surface area contributed by atoms with Gasteiger partial charge in [0.1, 0.15) is 10.8 Å². The number of aromatic nitrogens is 1. The van der Waals surface area contributed by atoms with Crippen molar-refractivity contribution in [2.24, 2.45) is 0 Å². The van der Waals surface area contributed by atoms with Crippen LogP contribution in [0, 0.1) is 6.92 Å². The minimum absolute atomic E-state index is 0.755. The van der Waals surface area contributed by atoms with Gasteiger partial charge in [-0.05, 0) is 42.0 Å². The molecule has 0 saturated carbocycles. The van der Waals surface area contributed by atoms with Crippen molar-refractivity contribution in [3.05, 3.63) is 33.2 Å². The molecule has 0 unspecified atom stereocenters. The van der Waals surface area contributed by atoms with Gasteiger partial charge < -0.3 is 10.1 Å². The van der Waals surface area contributed by atoms with Crippen LogP contribution < -0.4 is 10.1 Å². The van der Waals surface area contributed by atoms with Crippen molar-refractivity contribution in [2.75, 3.05) is 14.2 Å². The largest absolute Gasteiger partial charge is 0.496 e. The normalized spacial score (nSPS) is 10.7. The van der Waals surface area contributed by atoms with Crippen LogP contribution in [0.2, 0.25) is 0 Å². The zero-order chi connectivity index (χ0) is 13.1. The minimum atomic E-state index is 0.755. The number of hydrogen-bond acceptors (Lipinski definition) is 4. The second-order valence-corrected chi connectivity index (χ2v) is 6.29. The van der Waals surface area contributed by atoms with E-state index in [4.69, 9.17) is 4.74 Å². The first kappa shape index (κ1) is 13.5. The second-order valence-electron chi connectivity index (χ2n) is 3.97. The third kappa shape index (κ3) is 2.74. The van der Waals surface area contributed by atoms with Crippen LogP contribution in [0.25, 0.3) is 10.6 Å². The molecule has 0 spiro atoms. The number of aryl methyl sites for hydroxylation is 1. The number of methoxy groups -OCH3 is 1. The van der Waals surface area contributed by atoms with Gasteiger partial charge in [0.15, 0.2) is 0 Å². The summed E-state index contributed by atoms with van der Waals surface area (Å²) in [4.78, 5) is 4.65. The van der Waals surface area contributed by atoms with Crippen LogP contribution in [0.5, 0.6) is 5.75 Å². The molecule has 5 heteroatoms. The van der Waals surface area contributed by atoms with E-state index in [1.807, 2.05) is 19.2 Å². The first-order chi connectivity index (χ1) is 8.65. The first-order valence-corrected chi connectivity index (χ1v) is 7.21. The fourth-order valence-electron chi connectivity index (χ4n) is 1.71. The van der Waals surface area contributed by atoms with Gasteiger partial charge in [-0.25, -0.2) is 4.98 Å². The van der Waals surface area contributed by atoms with E-state index < -0.39 is 0 Å². The lowest BCUT2D eigenvalue weighted by Crippen LogP contribution is -2.05. The van der Waals surface area contributed by atoms with Crippen molar-refractivity contribution in [1.29, 1.82) is 0 Å². The maximum atomic E-state index is 5.40. The molecule has 0 aliphatic rings. The Hall–Kier alpha value is -0.910. The zero-order valence-electron chi connectivity index (χ0n) is 10.6. The monoisotopic (exact) mass is 326 g/mol. The van der Waals surface area contributed by atoms with E-state index in [-0.39, 0.29) is 0 Å². The zero-order valence-corrected chi connectivity index (χ0v) is 13.0.